The molecule has 3 aromatic rings. The second-order valence-electron chi connectivity index (χ2n) is 7.77. The number of amides is 1. The highest BCUT2D eigenvalue weighted by molar-refractivity contribution is 6.02. The van der Waals surface area contributed by atoms with Crippen LogP contribution in [0.15, 0.2) is 60.7 Å². The van der Waals surface area contributed by atoms with Crippen molar-refractivity contribution in [3.63, 3.8) is 0 Å². The average Bonchev–Trinajstić information content (AvgIpc) is 2.65. The first-order valence-electron chi connectivity index (χ1n) is 9.84. The number of carbonyl (C=O) groups excluding carboxylic acids is 1. The second kappa shape index (κ2) is 7.54. The first kappa shape index (κ1) is 19.5. The lowest BCUT2D eigenvalue weighted by atomic mass is 9.80. The van der Waals surface area contributed by atoms with Crippen LogP contribution in [-0.4, -0.2) is 11.9 Å². The molecule has 0 aliphatic heterocycles. The summed E-state index contributed by atoms with van der Waals surface area (Å²) in [5, 5.41) is 4.86. The van der Waals surface area contributed by atoms with Crippen LogP contribution < -0.4 is 5.32 Å². The van der Waals surface area contributed by atoms with Crippen molar-refractivity contribution in [3.05, 3.63) is 71.8 Å². The van der Waals surface area contributed by atoms with Gasteiger partial charge in [-0.3, -0.25) is 4.79 Å². The van der Waals surface area contributed by atoms with Gasteiger partial charge in [0, 0.05) is 11.6 Å². The maximum absolute atomic E-state index is 12.8. The summed E-state index contributed by atoms with van der Waals surface area (Å²) in [7, 11) is 0. The molecule has 0 spiro atoms. The molecule has 1 unspecified atom stereocenters. The van der Waals surface area contributed by atoms with Gasteiger partial charge in [-0.2, -0.15) is 13.2 Å². The molecule has 3 aromatic carbocycles. The minimum atomic E-state index is -4.35. The van der Waals surface area contributed by atoms with Crippen molar-refractivity contribution >= 4 is 16.7 Å². The van der Waals surface area contributed by atoms with Crippen molar-refractivity contribution in [2.24, 2.45) is 5.92 Å². The first-order chi connectivity index (χ1) is 13.8. The maximum atomic E-state index is 12.8. The zero-order chi connectivity index (χ0) is 20.6. The fourth-order valence-electron chi connectivity index (χ4n) is 3.86. The Morgan fingerprint density at radius 2 is 1.76 bits per heavy atom. The van der Waals surface area contributed by atoms with Crippen LogP contribution in [-0.2, 0) is 6.18 Å². The molecule has 1 N–H and O–H groups in total. The van der Waals surface area contributed by atoms with Crippen molar-refractivity contribution < 1.29 is 18.0 Å². The molecular weight excluding hydrogens is 375 g/mol. The Morgan fingerprint density at radius 3 is 2.38 bits per heavy atom. The summed E-state index contributed by atoms with van der Waals surface area (Å²) in [5.41, 5.74) is 1.47. The van der Waals surface area contributed by atoms with Gasteiger partial charge in [-0.05, 0) is 71.8 Å². The highest BCUT2D eigenvalue weighted by atomic mass is 19.4. The van der Waals surface area contributed by atoms with Crippen LogP contribution in [0.3, 0.4) is 0 Å². The molecule has 150 valence electrons. The Balaban J connectivity index is 1.61. The highest BCUT2D eigenvalue weighted by Gasteiger charge is 2.30. The van der Waals surface area contributed by atoms with Gasteiger partial charge in [-0.1, -0.05) is 42.8 Å². The largest absolute Gasteiger partial charge is 0.416 e. The topological polar surface area (TPSA) is 29.1 Å². The van der Waals surface area contributed by atoms with Crippen LogP contribution in [0.25, 0.3) is 21.9 Å². The Labute approximate surface area is 167 Å². The van der Waals surface area contributed by atoms with E-state index in [9.17, 15) is 18.0 Å². The fourth-order valence-corrected chi connectivity index (χ4v) is 3.86. The van der Waals surface area contributed by atoms with Gasteiger partial charge < -0.3 is 5.32 Å². The van der Waals surface area contributed by atoms with Gasteiger partial charge in [0.2, 0.25) is 0 Å². The van der Waals surface area contributed by atoms with Crippen LogP contribution in [0, 0.1) is 5.92 Å². The van der Waals surface area contributed by atoms with E-state index in [1.165, 1.54) is 18.6 Å². The molecule has 0 aromatic heterocycles. The Morgan fingerprint density at radius 1 is 1.03 bits per heavy atom. The van der Waals surface area contributed by atoms with Gasteiger partial charge in [0.15, 0.2) is 0 Å². The molecule has 1 aliphatic rings. The average molecular weight is 397 g/mol. The summed E-state index contributed by atoms with van der Waals surface area (Å²) in [6, 6.07) is 16.4. The second-order valence-corrected chi connectivity index (χ2v) is 7.77. The zero-order valence-corrected chi connectivity index (χ0v) is 16.1. The van der Waals surface area contributed by atoms with Crippen molar-refractivity contribution in [2.45, 2.75) is 38.4 Å². The molecule has 0 heterocycles. The molecule has 2 nitrogen and oxygen atoms in total. The number of hydrogen-bond donors (Lipinski definition) is 1. The van der Waals surface area contributed by atoms with E-state index >= 15 is 0 Å². The number of alkyl halides is 3. The minimum Gasteiger partial charge on any atom is -0.349 e. The summed E-state index contributed by atoms with van der Waals surface area (Å²) >= 11 is 0. The maximum Gasteiger partial charge on any atom is 0.416 e. The minimum absolute atomic E-state index is 0.0915. The smallest absolute Gasteiger partial charge is 0.349 e. The Kier molecular flexibility index (Phi) is 5.07. The van der Waals surface area contributed by atoms with Gasteiger partial charge >= 0.3 is 6.18 Å². The lowest BCUT2D eigenvalue weighted by Gasteiger charge is -2.31. The monoisotopic (exact) mass is 397 g/mol. The predicted molar refractivity (Wildman–Crippen MR) is 109 cm³/mol. The van der Waals surface area contributed by atoms with Crippen molar-refractivity contribution in [2.75, 3.05) is 0 Å². The van der Waals surface area contributed by atoms with Crippen LogP contribution >= 0.6 is 0 Å². The molecule has 0 saturated heterocycles. The third-order valence-electron chi connectivity index (χ3n) is 5.88. The van der Waals surface area contributed by atoms with E-state index in [1.54, 1.807) is 6.07 Å². The standard InChI is InChI=1S/C24H22F3NO/c1-15(16-4-2-5-16)28-23(29)19-10-13-22-18(14-19)6-3-7-21(22)17-8-11-20(12-9-17)24(25,26)27/h3,6-16H,2,4-5H2,1H3,(H,28,29). The van der Waals surface area contributed by atoms with Gasteiger partial charge in [0.25, 0.3) is 5.91 Å². The third-order valence-corrected chi connectivity index (χ3v) is 5.88. The number of carbonyl (C=O) groups is 1. The van der Waals surface area contributed by atoms with Gasteiger partial charge in [-0.25, -0.2) is 0 Å². The Bertz CT molecular complexity index is 1040. The molecule has 1 atom stereocenters. The summed E-state index contributed by atoms with van der Waals surface area (Å²) in [4.78, 5) is 12.6. The molecule has 1 fully saturated rings. The number of fused-ring (bicyclic) bond motifs is 1. The molecule has 0 bridgehead atoms. The summed E-state index contributed by atoms with van der Waals surface area (Å²) < 4.78 is 38.5. The molecule has 29 heavy (non-hydrogen) atoms. The van der Waals surface area contributed by atoms with Crippen molar-refractivity contribution in [1.82, 2.24) is 5.32 Å². The highest BCUT2D eigenvalue weighted by Crippen LogP contribution is 2.34. The van der Waals surface area contributed by atoms with E-state index < -0.39 is 11.7 Å². The normalized spacial score (nSPS) is 15.7. The van der Waals surface area contributed by atoms with Gasteiger partial charge in [0.05, 0.1) is 5.56 Å². The fraction of sp³-hybridized carbons (Fsp3) is 0.292. The van der Waals surface area contributed by atoms with Crippen molar-refractivity contribution in [1.29, 1.82) is 0 Å². The summed E-state index contributed by atoms with van der Waals surface area (Å²) in [6.45, 7) is 2.05. The molecule has 0 radical (unpaired) electrons. The van der Waals surface area contributed by atoms with E-state index in [4.69, 9.17) is 0 Å². The molecule has 5 heteroatoms. The van der Waals surface area contributed by atoms with Crippen LogP contribution in [0.5, 0.6) is 0 Å². The lowest BCUT2D eigenvalue weighted by molar-refractivity contribution is -0.137. The Hall–Kier alpha value is -2.82. The van der Waals surface area contributed by atoms with E-state index in [-0.39, 0.29) is 11.9 Å². The van der Waals surface area contributed by atoms with E-state index in [0.717, 1.165) is 41.3 Å². The quantitative estimate of drug-likeness (QED) is 0.539. The number of rotatable bonds is 4. The van der Waals surface area contributed by atoms with E-state index in [1.807, 2.05) is 37.3 Å². The molecule has 1 saturated carbocycles. The van der Waals surface area contributed by atoms with Gasteiger partial charge in [0.1, 0.15) is 0 Å². The molecular formula is C24H22F3NO. The van der Waals surface area contributed by atoms with Gasteiger partial charge in [-0.15, -0.1) is 0 Å². The third kappa shape index (κ3) is 4.00. The molecule has 1 amide bonds. The lowest BCUT2D eigenvalue weighted by Crippen LogP contribution is -2.40. The first-order valence-corrected chi connectivity index (χ1v) is 9.84. The van der Waals surface area contributed by atoms with Crippen LogP contribution in [0.2, 0.25) is 0 Å². The number of nitrogens with one attached hydrogen (secondary N) is 1. The zero-order valence-electron chi connectivity index (χ0n) is 16.1. The SMILES string of the molecule is CC(NC(=O)c1ccc2c(-c3ccc(C(F)(F)F)cc3)cccc2c1)C1CCC1. The number of halogens is 3. The summed E-state index contributed by atoms with van der Waals surface area (Å²) in [5.74, 6) is 0.469. The van der Waals surface area contributed by atoms with Crippen LogP contribution in [0.1, 0.15) is 42.1 Å². The molecule has 4 rings (SSSR count). The predicted octanol–water partition coefficient (Wildman–Crippen LogP) is 6.44. The number of hydrogen-bond acceptors (Lipinski definition) is 1. The van der Waals surface area contributed by atoms with Crippen LogP contribution in [0.4, 0.5) is 13.2 Å². The van der Waals surface area contributed by atoms with Crippen molar-refractivity contribution in [3.8, 4) is 11.1 Å². The molecule has 1 aliphatic carbocycles. The van der Waals surface area contributed by atoms with E-state index in [0.29, 0.717) is 17.0 Å². The summed E-state index contributed by atoms with van der Waals surface area (Å²) in [6.07, 6.45) is -0.797. The number of benzene rings is 3. The van der Waals surface area contributed by atoms with E-state index in [2.05, 4.69) is 5.32 Å².